The molecule has 0 spiro atoms. The Morgan fingerprint density at radius 1 is 1.25 bits per heavy atom. The molecule has 0 aliphatic heterocycles. The van der Waals surface area contributed by atoms with Crippen LogP contribution in [0.5, 0.6) is 0 Å². The molecule has 0 saturated carbocycles. The molecule has 4 heteroatoms. The highest BCUT2D eigenvalue weighted by Gasteiger charge is 2.16. The van der Waals surface area contributed by atoms with Gasteiger partial charge >= 0.3 is 0 Å². The van der Waals surface area contributed by atoms with Crippen LogP contribution in [-0.2, 0) is 22.7 Å². The number of aryl methyl sites for hydroxylation is 2. The Hall–Kier alpha value is -1.16. The molecule has 2 rings (SSSR count). The van der Waals surface area contributed by atoms with Crippen LogP contribution < -0.4 is 0 Å². The van der Waals surface area contributed by atoms with Crippen molar-refractivity contribution in [1.29, 1.82) is 0 Å². The summed E-state index contributed by atoms with van der Waals surface area (Å²) < 4.78 is 22.1. The second-order valence-electron chi connectivity index (χ2n) is 4.33. The number of benzene rings is 1. The van der Waals surface area contributed by atoms with Crippen molar-refractivity contribution >= 4 is 15.6 Å². The second kappa shape index (κ2) is 4.01. The van der Waals surface area contributed by atoms with E-state index in [0.717, 1.165) is 25.5 Å². The highest BCUT2D eigenvalue weighted by atomic mass is 32.2. The third-order valence-electron chi connectivity index (χ3n) is 2.81. The van der Waals surface area contributed by atoms with Crippen LogP contribution in [0.2, 0.25) is 0 Å². The Morgan fingerprint density at radius 2 is 1.94 bits per heavy atom. The van der Waals surface area contributed by atoms with Gasteiger partial charge in [-0.3, -0.25) is 4.79 Å². The number of carbonyl (C=O) groups excluding carboxylic acids is 1. The zero-order valence-corrected chi connectivity index (χ0v) is 10.0. The van der Waals surface area contributed by atoms with E-state index in [2.05, 4.69) is 0 Å². The summed E-state index contributed by atoms with van der Waals surface area (Å²) in [6.45, 7) is 0. The summed E-state index contributed by atoms with van der Waals surface area (Å²) in [5, 5.41) is 0. The first kappa shape index (κ1) is 11.3. The maximum atomic E-state index is 11.7. The molecule has 0 atom stereocenters. The fourth-order valence-corrected chi connectivity index (χ4v) is 2.71. The molecule has 0 bridgehead atoms. The van der Waals surface area contributed by atoms with E-state index in [1.165, 1.54) is 11.1 Å². The van der Waals surface area contributed by atoms with Crippen LogP contribution in [0.25, 0.3) is 0 Å². The summed E-state index contributed by atoms with van der Waals surface area (Å²) in [5.74, 6) is -0.705. The molecule has 0 aromatic heterocycles. The summed E-state index contributed by atoms with van der Waals surface area (Å²) in [6, 6.07) is 5.52. The number of hydrogen-bond acceptors (Lipinski definition) is 3. The average Bonchev–Trinajstić information content (AvgIpc) is 2.61. The maximum absolute atomic E-state index is 11.7. The highest BCUT2D eigenvalue weighted by Crippen LogP contribution is 2.23. The molecule has 1 aromatic rings. The van der Waals surface area contributed by atoms with Gasteiger partial charge in [0.25, 0.3) is 0 Å². The molecular formula is C12H14O3S. The molecule has 1 aliphatic carbocycles. The standard InChI is InChI=1S/C12H14O3S/c1-16(14,15)8-12(13)11-6-5-9-3-2-4-10(9)7-11/h5-7H,2-4,8H2,1H3. The van der Waals surface area contributed by atoms with Gasteiger partial charge in [-0.05, 0) is 36.5 Å². The minimum absolute atomic E-state index is 0.308. The monoisotopic (exact) mass is 238 g/mol. The number of hydrogen-bond donors (Lipinski definition) is 0. The normalized spacial score (nSPS) is 14.8. The molecule has 86 valence electrons. The summed E-state index contributed by atoms with van der Waals surface area (Å²) in [6.07, 6.45) is 4.27. The van der Waals surface area contributed by atoms with E-state index in [1.54, 1.807) is 6.07 Å². The Labute approximate surface area is 95.4 Å². The summed E-state index contributed by atoms with van der Waals surface area (Å²) in [5.41, 5.74) is 3.00. The maximum Gasteiger partial charge on any atom is 0.177 e. The number of ketones is 1. The Morgan fingerprint density at radius 3 is 2.62 bits per heavy atom. The summed E-state index contributed by atoms with van der Waals surface area (Å²) in [7, 11) is -3.24. The van der Waals surface area contributed by atoms with E-state index in [0.29, 0.717) is 5.56 Å². The smallest absolute Gasteiger partial charge is 0.177 e. The molecule has 1 aliphatic rings. The third-order valence-corrected chi connectivity index (χ3v) is 3.60. The molecule has 0 N–H and O–H groups in total. The van der Waals surface area contributed by atoms with Crippen LogP contribution in [0.3, 0.4) is 0 Å². The Kier molecular flexibility index (Phi) is 2.84. The molecule has 0 fully saturated rings. The van der Waals surface area contributed by atoms with Crippen LogP contribution >= 0.6 is 0 Å². The van der Waals surface area contributed by atoms with Crippen molar-refractivity contribution < 1.29 is 13.2 Å². The first-order valence-electron chi connectivity index (χ1n) is 5.28. The van der Waals surface area contributed by atoms with Crippen molar-refractivity contribution in [3.8, 4) is 0 Å². The lowest BCUT2D eigenvalue weighted by Crippen LogP contribution is -2.14. The largest absolute Gasteiger partial charge is 0.293 e. The zero-order chi connectivity index (χ0) is 11.8. The van der Waals surface area contributed by atoms with Crippen molar-refractivity contribution in [2.24, 2.45) is 0 Å². The fourth-order valence-electron chi connectivity index (χ4n) is 2.07. The quantitative estimate of drug-likeness (QED) is 0.748. The van der Waals surface area contributed by atoms with Gasteiger partial charge in [0.15, 0.2) is 15.6 Å². The average molecular weight is 238 g/mol. The van der Waals surface area contributed by atoms with Crippen molar-refractivity contribution in [2.75, 3.05) is 12.0 Å². The lowest BCUT2D eigenvalue weighted by molar-refractivity contribution is 0.102. The number of sulfone groups is 1. The Bertz CT molecular complexity index is 529. The topological polar surface area (TPSA) is 51.2 Å². The van der Waals surface area contributed by atoms with Crippen molar-refractivity contribution in [3.05, 3.63) is 34.9 Å². The Balaban J connectivity index is 2.25. The summed E-state index contributed by atoms with van der Waals surface area (Å²) in [4.78, 5) is 11.7. The van der Waals surface area contributed by atoms with E-state index < -0.39 is 15.6 Å². The van der Waals surface area contributed by atoms with E-state index in [-0.39, 0.29) is 5.78 Å². The van der Waals surface area contributed by atoms with Crippen molar-refractivity contribution in [1.82, 2.24) is 0 Å². The van der Waals surface area contributed by atoms with Crippen LogP contribution in [0.1, 0.15) is 27.9 Å². The predicted molar refractivity (Wildman–Crippen MR) is 62.5 cm³/mol. The zero-order valence-electron chi connectivity index (χ0n) is 9.19. The van der Waals surface area contributed by atoms with E-state index in [9.17, 15) is 13.2 Å². The first-order valence-corrected chi connectivity index (χ1v) is 7.34. The third kappa shape index (κ3) is 2.50. The van der Waals surface area contributed by atoms with Gasteiger partial charge in [-0.1, -0.05) is 12.1 Å². The number of fused-ring (bicyclic) bond motifs is 1. The van der Waals surface area contributed by atoms with Gasteiger partial charge < -0.3 is 0 Å². The van der Waals surface area contributed by atoms with Crippen molar-refractivity contribution in [2.45, 2.75) is 19.3 Å². The first-order chi connectivity index (χ1) is 7.46. The van der Waals surface area contributed by atoms with Crippen LogP contribution in [0.4, 0.5) is 0 Å². The summed E-state index contributed by atoms with van der Waals surface area (Å²) >= 11 is 0. The molecule has 0 amide bonds. The molecular weight excluding hydrogens is 224 g/mol. The highest BCUT2D eigenvalue weighted by molar-refractivity contribution is 7.91. The number of Topliss-reactive ketones (excluding diaryl/α,β-unsaturated/α-hetero) is 1. The van der Waals surface area contributed by atoms with Gasteiger partial charge in [0.1, 0.15) is 5.75 Å². The molecule has 0 radical (unpaired) electrons. The van der Waals surface area contributed by atoms with Crippen LogP contribution in [0, 0.1) is 0 Å². The number of carbonyl (C=O) groups is 1. The fraction of sp³-hybridized carbons (Fsp3) is 0.417. The second-order valence-corrected chi connectivity index (χ2v) is 6.47. The van der Waals surface area contributed by atoms with Gasteiger partial charge in [-0.25, -0.2) is 8.42 Å². The van der Waals surface area contributed by atoms with E-state index in [4.69, 9.17) is 0 Å². The molecule has 1 aromatic carbocycles. The molecule has 0 heterocycles. The van der Waals surface area contributed by atoms with Crippen LogP contribution in [0.15, 0.2) is 18.2 Å². The van der Waals surface area contributed by atoms with Crippen molar-refractivity contribution in [3.63, 3.8) is 0 Å². The minimum atomic E-state index is -3.24. The molecule has 0 saturated heterocycles. The van der Waals surface area contributed by atoms with Gasteiger partial charge in [-0.15, -0.1) is 0 Å². The lowest BCUT2D eigenvalue weighted by Gasteiger charge is -2.03. The molecule has 0 unspecified atom stereocenters. The van der Waals surface area contributed by atoms with E-state index in [1.807, 2.05) is 12.1 Å². The van der Waals surface area contributed by atoms with Gasteiger partial charge in [0, 0.05) is 11.8 Å². The SMILES string of the molecule is CS(=O)(=O)CC(=O)c1ccc2c(c1)CCC2. The minimum Gasteiger partial charge on any atom is -0.293 e. The number of rotatable bonds is 3. The van der Waals surface area contributed by atoms with Gasteiger partial charge in [-0.2, -0.15) is 0 Å². The lowest BCUT2D eigenvalue weighted by atomic mass is 10.0. The predicted octanol–water partition coefficient (Wildman–Crippen LogP) is 1.40. The van der Waals surface area contributed by atoms with Gasteiger partial charge in [0.2, 0.25) is 0 Å². The molecule has 3 nitrogen and oxygen atoms in total. The van der Waals surface area contributed by atoms with E-state index >= 15 is 0 Å². The van der Waals surface area contributed by atoms with Gasteiger partial charge in [0.05, 0.1) is 0 Å². The van der Waals surface area contributed by atoms with Crippen LogP contribution in [-0.4, -0.2) is 26.2 Å². The molecule has 16 heavy (non-hydrogen) atoms.